The second-order valence-electron chi connectivity index (χ2n) is 8.54. The predicted octanol–water partition coefficient (Wildman–Crippen LogP) is 4.89. The van der Waals surface area contributed by atoms with Gasteiger partial charge < -0.3 is 9.80 Å². The summed E-state index contributed by atoms with van der Waals surface area (Å²) in [7, 11) is 4.40. The summed E-state index contributed by atoms with van der Waals surface area (Å²) in [6.45, 7) is 9.30. The van der Waals surface area contributed by atoms with Crippen molar-refractivity contribution in [3.05, 3.63) is 29.3 Å². The number of nitrogens with one attached hydrogen (secondary N) is 1. The molecule has 0 saturated heterocycles. The fourth-order valence-electron chi connectivity index (χ4n) is 3.98. The fourth-order valence-corrected chi connectivity index (χ4v) is 3.98. The summed E-state index contributed by atoms with van der Waals surface area (Å²) in [6, 6.07) is 7.02. The Bertz CT molecular complexity index is 543. The first-order valence-electron chi connectivity index (χ1n) is 9.47. The number of quaternary nitrogens is 1. The minimum atomic E-state index is 0.141. The van der Waals surface area contributed by atoms with E-state index in [1.807, 2.05) is 0 Å². The third-order valence-electron chi connectivity index (χ3n) is 5.50. The number of hydrogen-bond donors (Lipinski definition) is 1. The van der Waals surface area contributed by atoms with E-state index in [9.17, 15) is 4.79 Å². The quantitative estimate of drug-likeness (QED) is 0.739. The number of benzene rings is 1. The molecule has 1 aliphatic rings. The van der Waals surface area contributed by atoms with Gasteiger partial charge in [-0.05, 0) is 48.6 Å². The van der Waals surface area contributed by atoms with Crippen LogP contribution in [-0.2, 0) is 4.79 Å². The van der Waals surface area contributed by atoms with Gasteiger partial charge in [-0.2, -0.15) is 0 Å². The SMILES string of the molecule is CC(C)c1cccc(C(C)C)c1NC(=O)C[N+](C)(C)C1CCCC1. The summed E-state index contributed by atoms with van der Waals surface area (Å²) in [5.41, 5.74) is 3.51. The fraction of sp³-hybridized carbons (Fsp3) is 0.667. The Labute approximate surface area is 148 Å². The summed E-state index contributed by atoms with van der Waals surface area (Å²) in [6.07, 6.45) is 5.11. The molecule has 1 saturated carbocycles. The molecule has 134 valence electrons. The lowest BCUT2D eigenvalue weighted by Gasteiger charge is -2.35. The lowest BCUT2D eigenvalue weighted by molar-refractivity contribution is -0.906. The second kappa shape index (κ2) is 7.69. The van der Waals surface area contributed by atoms with Crippen LogP contribution in [-0.4, -0.2) is 37.1 Å². The van der Waals surface area contributed by atoms with Gasteiger partial charge in [0, 0.05) is 5.69 Å². The molecule has 0 unspecified atom stereocenters. The number of carbonyl (C=O) groups excluding carboxylic acids is 1. The van der Waals surface area contributed by atoms with E-state index in [4.69, 9.17) is 0 Å². The van der Waals surface area contributed by atoms with Crippen molar-refractivity contribution in [2.24, 2.45) is 0 Å². The van der Waals surface area contributed by atoms with E-state index in [1.165, 1.54) is 36.8 Å². The van der Waals surface area contributed by atoms with Crippen molar-refractivity contribution in [3.8, 4) is 0 Å². The number of para-hydroxylation sites is 1. The van der Waals surface area contributed by atoms with E-state index in [0.717, 1.165) is 10.2 Å². The topological polar surface area (TPSA) is 29.1 Å². The van der Waals surface area contributed by atoms with Crippen LogP contribution in [0.2, 0.25) is 0 Å². The number of hydrogen-bond acceptors (Lipinski definition) is 1. The van der Waals surface area contributed by atoms with Crippen molar-refractivity contribution >= 4 is 11.6 Å². The van der Waals surface area contributed by atoms with Crippen LogP contribution in [0.4, 0.5) is 5.69 Å². The zero-order chi connectivity index (χ0) is 17.9. The maximum absolute atomic E-state index is 12.8. The summed E-state index contributed by atoms with van der Waals surface area (Å²) in [4.78, 5) is 12.8. The summed E-state index contributed by atoms with van der Waals surface area (Å²) in [5.74, 6) is 0.939. The molecule has 1 N–H and O–H groups in total. The molecule has 1 aromatic carbocycles. The van der Waals surface area contributed by atoms with Gasteiger partial charge in [-0.25, -0.2) is 0 Å². The van der Waals surface area contributed by atoms with Crippen LogP contribution in [0.3, 0.4) is 0 Å². The molecule has 0 spiro atoms. The zero-order valence-electron chi connectivity index (χ0n) is 16.4. The molecule has 1 fully saturated rings. The highest BCUT2D eigenvalue weighted by molar-refractivity contribution is 5.93. The van der Waals surface area contributed by atoms with Crippen LogP contribution >= 0.6 is 0 Å². The first-order valence-corrected chi connectivity index (χ1v) is 9.47. The molecule has 0 radical (unpaired) electrons. The molecule has 0 aliphatic heterocycles. The molecule has 2 rings (SSSR count). The number of anilines is 1. The number of likely N-dealkylation sites (N-methyl/N-ethyl adjacent to an activating group) is 1. The third kappa shape index (κ3) is 4.38. The molecule has 1 aliphatic carbocycles. The maximum atomic E-state index is 12.8. The highest BCUT2D eigenvalue weighted by Gasteiger charge is 2.33. The minimum Gasteiger partial charge on any atom is -0.321 e. The Morgan fingerprint density at radius 2 is 1.58 bits per heavy atom. The molecule has 1 aromatic rings. The standard InChI is InChI=1S/C21H34N2O/c1-15(2)18-12-9-13-19(16(3)4)21(18)22-20(24)14-23(5,6)17-10-7-8-11-17/h9,12-13,15-17H,7-8,10-11,14H2,1-6H3/p+1. The van der Waals surface area contributed by atoms with Crippen LogP contribution in [0.25, 0.3) is 0 Å². The second-order valence-corrected chi connectivity index (χ2v) is 8.54. The highest BCUT2D eigenvalue weighted by Crippen LogP contribution is 2.33. The lowest BCUT2D eigenvalue weighted by Crippen LogP contribution is -2.51. The van der Waals surface area contributed by atoms with Crippen molar-refractivity contribution in [3.63, 3.8) is 0 Å². The Morgan fingerprint density at radius 3 is 2.04 bits per heavy atom. The van der Waals surface area contributed by atoms with E-state index >= 15 is 0 Å². The Morgan fingerprint density at radius 1 is 1.08 bits per heavy atom. The minimum absolute atomic E-state index is 0.141. The third-order valence-corrected chi connectivity index (χ3v) is 5.50. The van der Waals surface area contributed by atoms with Gasteiger partial charge in [0.2, 0.25) is 0 Å². The monoisotopic (exact) mass is 331 g/mol. The van der Waals surface area contributed by atoms with Gasteiger partial charge in [0.1, 0.15) is 0 Å². The van der Waals surface area contributed by atoms with Gasteiger partial charge in [0.15, 0.2) is 6.54 Å². The van der Waals surface area contributed by atoms with E-state index < -0.39 is 0 Å². The van der Waals surface area contributed by atoms with Gasteiger partial charge in [-0.1, -0.05) is 45.9 Å². The Balaban J connectivity index is 2.18. The smallest absolute Gasteiger partial charge is 0.279 e. The van der Waals surface area contributed by atoms with Crippen LogP contribution in [0.5, 0.6) is 0 Å². The highest BCUT2D eigenvalue weighted by atomic mass is 16.2. The van der Waals surface area contributed by atoms with Crippen LogP contribution < -0.4 is 5.32 Å². The number of amides is 1. The first kappa shape index (κ1) is 19.0. The Kier molecular flexibility index (Phi) is 6.08. The van der Waals surface area contributed by atoms with Crippen molar-refractivity contribution in [2.75, 3.05) is 26.0 Å². The maximum Gasteiger partial charge on any atom is 0.279 e. The van der Waals surface area contributed by atoms with E-state index in [2.05, 4.69) is 65.3 Å². The average Bonchev–Trinajstić information content (AvgIpc) is 3.01. The van der Waals surface area contributed by atoms with Gasteiger partial charge in [-0.3, -0.25) is 4.79 Å². The van der Waals surface area contributed by atoms with Crippen molar-refractivity contribution in [1.29, 1.82) is 0 Å². The molecule has 1 amide bonds. The molecule has 0 heterocycles. The van der Waals surface area contributed by atoms with Crippen LogP contribution in [0, 0.1) is 0 Å². The van der Waals surface area contributed by atoms with Crippen LogP contribution in [0.1, 0.15) is 76.3 Å². The Hall–Kier alpha value is -1.35. The molecule has 24 heavy (non-hydrogen) atoms. The summed E-state index contributed by atoms with van der Waals surface area (Å²) < 4.78 is 0.798. The summed E-state index contributed by atoms with van der Waals surface area (Å²) >= 11 is 0. The molecular formula is C21H35N2O+. The van der Waals surface area contributed by atoms with Crippen LogP contribution in [0.15, 0.2) is 18.2 Å². The summed E-state index contributed by atoms with van der Waals surface area (Å²) in [5, 5.41) is 3.27. The predicted molar refractivity (Wildman–Crippen MR) is 102 cm³/mol. The number of carbonyl (C=O) groups is 1. The first-order chi connectivity index (χ1) is 11.2. The van der Waals surface area contributed by atoms with E-state index in [1.54, 1.807) is 0 Å². The molecule has 0 bridgehead atoms. The molecule has 0 atom stereocenters. The molecule has 3 heteroatoms. The van der Waals surface area contributed by atoms with Gasteiger partial charge in [-0.15, -0.1) is 0 Å². The molecule has 0 aromatic heterocycles. The van der Waals surface area contributed by atoms with E-state index in [0.29, 0.717) is 24.4 Å². The average molecular weight is 332 g/mol. The number of nitrogens with zero attached hydrogens (tertiary/aromatic N) is 1. The van der Waals surface area contributed by atoms with Crippen molar-refractivity contribution in [1.82, 2.24) is 0 Å². The van der Waals surface area contributed by atoms with Gasteiger partial charge in [0.05, 0.1) is 20.1 Å². The van der Waals surface area contributed by atoms with Crippen molar-refractivity contribution in [2.45, 2.75) is 71.3 Å². The zero-order valence-corrected chi connectivity index (χ0v) is 16.4. The largest absolute Gasteiger partial charge is 0.321 e. The van der Waals surface area contributed by atoms with Gasteiger partial charge in [0.25, 0.3) is 5.91 Å². The van der Waals surface area contributed by atoms with Gasteiger partial charge >= 0.3 is 0 Å². The molecular weight excluding hydrogens is 296 g/mol. The van der Waals surface area contributed by atoms with E-state index in [-0.39, 0.29) is 5.91 Å². The number of rotatable bonds is 6. The molecule has 3 nitrogen and oxygen atoms in total. The van der Waals surface area contributed by atoms with Crippen molar-refractivity contribution < 1.29 is 9.28 Å². The normalized spacial score (nSPS) is 16.2. The lowest BCUT2D eigenvalue weighted by atomic mass is 9.92.